The van der Waals surface area contributed by atoms with Crippen LogP contribution < -0.4 is 10.6 Å². The molecule has 0 unspecified atom stereocenters. The second kappa shape index (κ2) is 7.01. The van der Waals surface area contributed by atoms with E-state index < -0.39 is 11.8 Å². The molecule has 0 radical (unpaired) electrons. The number of aryl methyl sites for hydroxylation is 1. The average Bonchev–Trinajstić information content (AvgIpc) is 2.70. The zero-order valence-electron chi connectivity index (χ0n) is 10.1. The van der Waals surface area contributed by atoms with Crippen LogP contribution in [0.2, 0.25) is 0 Å². The maximum Gasteiger partial charge on any atom is 0.315 e. The van der Waals surface area contributed by atoms with Gasteiger partial charge in [-0.05, 0) is 13.3 Å². The second-order valence-electron chi connectivity index (χ2n) is 3.71. The van der Waals surface area contributed by atoms with Gasteiger partial charge in [-0.25, -0.2) is 4.98 Å². The van der Waals surface area contributed by atoms with E-state index in [2.05, 4.69) is 22.5 Å². The number of nitrogens with one attached hydrogen (secondary N) is 2. The zero-order chi connectivity index (χ0) is 12.7. The Morgan fingerprint density at radius 2 is 2.12 bits per heavy atom. The summed E-state index contributed by atoms with van der Waals surface area (Å²) in [6, 6.07) is 0. The predicted molar refractivity (Wildman–Crippen MR) is 68.0 cm³/mol. The molecule has 94 valence electrons. The van der Waals surface area contributed by atoms with E-state index in [0.29, 0.717) is 11.7 Å². The lowest BCUT2D eigenvalue weighted by Crippen LogP contribution is -2.35. The summed E-state index contributed by atoms with van der Waals surface area (Å²) in [7, 11) is 0. The Bertz CT molecular complexity index is 390. The van der Waals surface area contributed by atoms with Crippen molar-refractivity contribution >= 4 is 28.3 Å². The van der Waals surface area contributed by atoms with Crippen molar-refractivity contribution in [3.8, 4) is 0 Å². The number of carbonyl (C=O) groups excluding carboxylic acids is 2. The number of anilines is 1. The maximum atomic E-state index is 11.4. The lowest BCUT2D eigenvalue weighted by molar-refractivity contribution is -0.136. The van der Waals surface area contributed by atoms with Crippen LogP contribution in [0, 0.1) is 6.92 Å². The van der Waals surface area contributed by atoms with Crippen molar-refractivity contribution in [1.29, 1.82) is 0 Å². The van der Waals surface area contributed by atoms with Crippen molar-refractivity contribution in [3.63, 3.8) is 0 Å². The van der Waals surface area contributed by atoms with Crippen LogP contribution in [-0.2, 0) is 9.59 Å². The van der Waals surface area contributed by atoms with E-state index in [9.17, 15) is 9.59 Å². The number of aromatic nitrogens is 1. The monoisotopic (exact) mass is 255 g/mol. The van der Waals surface area contributed by atoms with Gasteiger partial charge in [0, 0.05) is 11.9 Å². The van der Waals surface area contributed by atoms with Gasteiger partial charge < -0.3 is 5.32 Å². The number of thiazole rings is 1. The average molecular weight is 255 g/mol. The Balaban J connectivity index is 2.29. The van der Waals surface area contributed by atoms with E-state index in [-0.39, 0.29) is 0 Å². The molecule has 6 heteroatoms. The molecule has 0 bridgehead atoms. The van der Waals surface area contributed by atoms with Crippen LogP contribution in [0.15, 0.2) is 5.38 Å². The minimum Gasteiger partial charge on any atom is -0.348 e. The van der Waals surface area contributed by atoms with Gasteiger partial charge in [-0.2, -0.15) is 0 Å². The van der Waals surface area contributed by atoms with Crippen molar-refractivity contribution in [1.82, 2.24) is 10.3 Å². The van der Waals surface area contributed by atoms with Crippen molar-refractivity contribution in [3.05, 3.63) is 11.1 Å². The number of hydrogen-bond donors (Lipinski definition) is 2. The summed E-state index contributed by atoms with van der Waals surface area (Å²) < 4.78 is 0. The number of hydrogen-bond acceptors (Lipinski definition) is 4. The summed E-state index contributed by atoms with van der Waals surface area (Å²) in [5.41, 5.74) is 0.827. The van der Waals surface area contributed by atoms with Gasteiger partial charge in [-0.1, -0.05) is 19.8 Å². The van der Waals surface area contributed by atoms with Gasteiger partial charge in [0.25, 0.3) is 0 Å². The molecule has 0 saturated carbocycles. The quantitative estimate of drug-likeness (QED) is 0.621. The van der Waals surface area contributed by atoms with Crippen molar-refractivity contribution < 1.29 is 9.59 Å². The van der Waals surface area contributed by atoms with Gasteiger partial charge in [0.1, 0.15) is 0 Å². The predicted octanol–water partition coefficient (Wildman–Crippen LogP) is 1.70. The minimum atomic E-state index is -0.657. The van der Waals surface area contributed by atoms with Crippen molar-refractivity contribution in [2.45, 2.75) is 33.1 Å². The molecule has 2 amide bonds. The van der Waals surface area contributed by atoms with Gasteiger partial charge in [0.15, 0.2) is 5.13 Å². The van der Waals surface area contributed by atoms with E-state index >= 15 is 0 Å². The Labute approximate surface area is 105 Å². The number of amides is 2. The summed E-state index contributed by atoms with van der Waals surface area (Å²) >= 11 is 1.30. The Hall–Kier alpha value is -1.43. The third-order valence-electron chi connectivity index (χ3n) is 2.11. The topological polar surface area (TPSA) is 71.1 Å². The van der Waals surface area contributed by atoms with Crippen LogP contribution in [0.4, 0.5) is 5.13 Å². The Morgan fingerprint density at radius 1 is 1.35 bits per heavy atom. The van der Waals surface area contributed by atoms with E-state index in [4.69, 9.17) is 0 Å². The standard InChI is InChI=1S/C11H17N3O2S/c1-3-4-5-6-12-9(15)10(16)14-11-13-8(2)7-17-11/h7H,3-6H2,1-2H3,(H,12,15)(H,13,14,16). The van der Waals surface area contributed by atoms with Gasteiger partial charge in [-0.3, -0.25) is 14.9 Å². The first-order valence-electron chi connectivity index (χ1n) is 5.64. The lowest BCUT2D eigenvalue weighted by Gasteiger charge is -2.03. The summed E-state index contributed by atoms with van der Waals surface area (Å²) in [6.45, 7) is 4.45. The van der Waals surface area contributed by atoms with Crippen LogP contribution in [0.5, 0.6) is 0 Å². The molecule has 0 aliphatic carbocycles. The second-order valence-corrected chi connectivity index (χ2v) is 4.57. The van der Waals surface area contributed by atoms with Crippen LogP contribution in [0.1, 0.15) is 31.9 Å². The summed E-state index contributed by atoms with van der Waals surface area (Å²) in [5.74, 6) is -1.26. The highest BCUT2D eigenvalue weighted by molar-refractivity contribution is 7.14. The minimum absolute atomic E-state index is 0.455. The summed E-state index contributed by atoms with van der Waals surface area (Å²) in [6.07, 6.45) is 3.03. The zero-order valence-corrected chi connectivity index (χ0v) is 10.9. The first-order valence-corrected chi connectivity index (χ1v) is 6.52. The molecule has 0 aliphatic heterocycles. The first-order chi connectivity index (χ1) is 8.13. The highest BCUT2D eigenvalue weighted by Crippen LogP contribution is 2.13. The molecule has 0 atom stereocenters. The molecular formula is C11H17N3O2S. The SMILES string of the molecule is CCCCCNC(=O)C(=O)Nc1nc(C)cs1. The van der Waals surface area contributed by atoms with Crippen molar-refractivity contribution in [2.75, 3.05) is 11.9 Å². The van der Waals surface area contributed by atoms with Gasteiger partial charge in [-0.15, -0.1) is 11.3 Å². The largest absolute Gasteiger partial charge is 0.348 e. The molecule has 1 rings (SSSR count). The summed E-state index contributed by atoms with van der Waals surface area (Å²) in [4.78, 5) is 26.8. The number of nitrogens with zero attached hydrogens (tertiary/aromatic N) is 1. The van der Waals surface area contributed by atoms with E-state index in [1.807, 2.05) is 12.3 Å². The third kappa shape index (κ3) is 4.95. The molecule has 0 saturated heterocycles. The Kier molecular flexibility index (Phi) is 5.62. The van der Waals surface area contributed by atoms with E-state index in [1.165, 1.54) is 11.3 Å². The molecule has 1 heterocycles. The third-order valence-corrected chi connectivity index (χ3v) is 2.99. The smallest absolute Gasteiger partial charge is 0.315 e. The molecule has 5 nitrogen and oxygen atoms in total. The highest BCUT2D eigenvalue weighted by atomic mass is 32.1. The number of carbonyl (C=O) groups is 2. The van der Waals surface area contributed by atoms with Gasteiger partial charge in [0.2, 0.25) is 0 Å². The molecule has 2 N–H and O–H groups in total. The number of unbranched alkanes of at least 4 members (excludes halogenated alkanes) is 2. The molecule has 0 aromatic carbocycles. The molecule has 1 aromatic heterocycles. The van der Waals surface area contributed by atoms with Crippen LogP contribution >= 0.6 is 11.3 Å². The fourth-order valence-electron chi connectivity index (χ4n) is 1.22. The highest BCUT2D eigenvalue weighted by Gasteiger charge is 2.14. The normalized spacial score (nSPS) is 10.0. The molecular weight excluding hydrogens is 238 g/mol. The van der Waals surface area contributed by atoms with Crippen LogP contribution in [0.3, 0.4) is 0 Å². The van der Waals surface area contributed by atoms with Gasteiger partial charge in [0.05, 0.1) is 5.69 Å². The Morgan fingerprint density at radius 3 is 2.71 bits per heavy atom. The lowest BCUT2D eigenvalue weighted by atomic mass is 10.2. The number of rotatable bonds is 5. The van der Waals surface area contributed by atoms with Crippen molar-refractivity contribution in [2.24, 2.45) is 0 Å². The van der Waals surface area contributed by atoms with Crippen LogP contribution in [0.25, 0.3) is 0 Å². The fraction of sp³-hybridized carbons (Fsp3) is 0.545. The maximum absolute atomic E-state index is 11.4. The summed E-state index contributed by atoms with van der Waals surface area (Å²) in [5, 5.41) is 7.30. The molecule has 0 spiro atoms. The first kappa shape index (κ1) is 13.6. The van der Waals surface area contributed by atoms with E-state index in [1.54, 1.807) is 0 Å². The van der Waals surface area contributed by atoms with Crippen LogP contribution in [-0.4, -0.2) is 23.3 Å². The van der Waals surface area contributed by atoms with Gasteiger partial charge >= 0.3 is 11.8 Å². The molecule has 0 aliphatic rings. The molecule has 0 fully saturated rings. The molecule has 1 aromatic rings. The van der Waals surface area contributed by atoms with E-state index in [0.717, 1.165) is 25.0 Å². The molecule has 17 heavy (non-hydrogen) atoms. The fourth-order valence-corrected chi connectivity index (χ4v) is 1.91.